The van der Waals surface area contributed by atoms with Crippen LogP contribution in [0.15, 0.2) is 24.7 Å². The van der Waals surface area contributed by atoms with Crippen LogP contribution in [0.4, 0.5) is 5.69 Å². The third kappa shape index (κ3) is 2.85. The van der Waals surface area contributed by atoms with E-state index in [0.29, 0.717) is 0 Å². The average Bonchev–Trinajstić information content (AvgIpc) is 3.11. The molecule has 1 aliphatic heterocycles. The van der Waals surface area contributed by atoms with Crippen molar-refractivity contribution in [1.29, 1.82) is 5.26 Å². The van der Waals surface area contributed by atoms with Gasteiger partial charge in [0.25, 0.3) is 0 Å². The number of piperidine rings is 1. The van der Waals surface area contributed by atoms with Crippen molar-refractivity contribution in [3.05, 3.63) is 24.7 Å². The summed E-state index contributed by atoms with van der Waals surface area (Å²) in [6.07, 6.45) is 6.95. The van der Waals surface area contributed by atoms with Crippen LogP contribution in [0, 0.1) is 11.3 Å². The van der Waals surface area contributed by atoms with E-state index in [2.05, 4.69) is 30.4 Å². The molecule has 0 aliphatic carbocycles. The zero-order valence-corrected chi connectivity index (χ0v) is 13.6. The Morgan fingerprint density at radius 1 is 1.36 bits per heavy atom. The van der Waals surface area contributed by atoms with E-state index in [-0.39, 0.29) is 18.4 Å². The van der Waals surface area contributed by atoms with E-state index in [1.165, 1.54) is 0 Å². The van der Waals surface area contributed by atoms with Crippen LogP contribution in [-0.4, -0.2) is 45.2 Å². The molecule has 0 aromatic carbocycles. The second-order valence-electron chi connectivity index (χ2n) is 6.15. The number of carbonyl (C=O) groups excluding carboxylic acids is 1. The summed E-state index contributed by atoms with van der Waals surface area (Å²) in [6, 6.07) is 3.97. The predicted molar refractivity (Wildman–Crippen MR) is 92.8 cm³/mol. The maximum atomic E-state index is 11.6. The SMILES string of the molecule is N#CCC(=O)NC1CCN(c2cn[nH]c3cnc4nccc4c23)CC1. The summed E-state index contributed by atoms with van der Waals surface area (Å²) in [6.45, 7) is 1.63. The number of rotatable bonds is 3. The second-order valence-corrected chi connectivity index (χ2v) is 6.15. The molecule has 3 aromatic rings. The van der Waals surface area contributed by atoms with Crippen molar-refractivity contribution in [2.45, 2.75) is 25.3 Å². The lowest BCUT2D eigenvalue weighted by Crippen LogP contribution is -2.44. The van der Waals surface area contributed by atoms with E-state index in [4.69, 9.17) is 5.26 Å². The van der Waals surface area contributed by atoms with Crippen molar-refractivity contribution >= 4 is 33.5 Å². The largest absolute Gasteiger partial charge is 0.370 e. The van der Waals surface area contributed by atoms with Gasteiger partial charge in [-0.25, -0.2) is 9.97 Å². The minimum absolute atomic E-state index is 0.0851. The van der Waals surface area contributed by atoms with Crippen molar-refractivity contribution in [3.63, 3.8) is 0 Å². The Morgan fingerprint density at radius 3 is 3.00 bits per heavy atom. The number of anilines is 1. The number of pyridine rings is 1. The van der Waals surface area contributed by atoms with Crippen molar-refractivity contribution in [2.24, 2.45) is 0 Å². The average molecular weight is 335 g/mol. The Balaban J connectivity index is 1.58. The molecule has 2 N–H and O–H groups in total. The van der Waals surface area contributed by atoms with Gasteiger partial charge < -0.3 is 10.2 Å². The van der Waals surface area contributed by atoms with Gasteiger partial charge >= 0.3 is 0 Å². The zero-order chi connectivity index (χ0) is 17.2. The molecule has 1 amide bonds. The highest BCUT2D eigenvalue weighted by molar-refractivity contribution is 6.09. The van der Waals surface area contributed by atoms with Crippen LogP contribution in [-0.2, 0) is 4.79 Å². The summed E-state index contributed by atoms with van der Waals surface area (Å²) < 4.78 is 0. The normalized spacial score (nSPS) is 15.4. The molecule has 1 fully saturated rings. The molecule has 126 valence electrons. The van der Waals surface area contributed by atoms with Gasteiger partial charge in [0.1, 0.15) is 6.42 Å². The van der Waals surface area contributed by atoms with E-state index in [1.54, 1.807) is 12.4 Å². The first-order chi connectivity index (χ1) is 12.3. The number of aromatic nitrogens is 4. The van der Waals surface area contributed by atoms with Crippen LogP contribution in [0.2, 0.25) is 0 Å². The number of nitrogens with one attached hydrogen (secondary N) is 2. The van der Waals surface area contributed by atoms with Gasteiger partial charge in [-0.3, -0.25) is 9.89 Å². The molecular formula is C17H17N7O. The quantitative estimate of drug-likeness (QED) is 0.750. The molecular weight excluding hydrogens is 318 g/mol. The van der Waals surface area contributed by atoms with Crippen LogP contribution in [0.25, 0.3) is 21.9 Å². The molecule has 8 heteroatoms. The van der Waals surface area contributed by atoms with Gasteiger partial charge in [-0.05, 0) is 18.9 Å². The van der Waals surface area contributed by atoms with Crippen molar-refractivity contribution in [3.8, 4) is 6.07 Å². The first kappa shape index (κ1) is 15.3. The van der Waals surface area contributed by atoms with Crippen LogP contribution in [0.1, 0.15) is 19.3 Å². The third-order valence-electron chi connectivity index (χ3n) is 4.60. The highest BCUT2D eigenvalue weighted by Gasteiger charge is 2.23. The molecule has 1 saturated heterocycles. The summed E-state index contributed by atoms with van der Waals surface area (Å²) in [5, 5.41) is 20.8. The monoisotopic (exact) mass is 335 g/mol. The van der Waals surface area contributed by atoms with E-state index in [9.17, 15) is 4.79 Å². The topological polar surface area (TPSA) is 111 Å². The number of fused-ring (bicyclic) bond motifs is 3. The van der Waals surface area contributed by atoms with Gasteiger partial charge in [-0.2, -0.15) is 10.4 Å². The summed E-state index contributed by atoms with van der Waals surface area (Å²) in [4.78, 5) is 22.5. The fourth-order valence-corrected chi connectivity index (χ4v) is 3.40. The summed E-state index contributed by atoms with van der Waals surface area (Å²) in [5.74, 6) is -0.196. The third-order valence-corrected chi connectivity index (χ3v) is 4.60. The lowest BCUT2D eigenvalue weighted by molar-refractivity contribution is -0.120. The predicted octanol–water partition coefficient (Wildman–Crippen LogP) is 1.50. The molecule has 0 bridgehead atoms. The Kier molecular flexibility index (Phi) is 3.90. The zero-order valence-electron chi connectivity index (χ0n) is 13.6. The van der Waals surface area contributed by atoms with Crippen LogP contribution < -0.4 is 10.2 Å². The minimum Gasteiger partial charge on any atom is -0.370 e. The Labute approximate surface area is 143 Å². The Bertz CT molecular complexity index is 966. The van der Waals surface area contributed by atoms with Gasteiger partial charge in [-0.1, -0.05) is 0 Å². The van der Waals surface area contributed by atoms with Crippen molar-refractivity contribution in [2.75, 3.05) is 18.0 Å². The van der Waals surface area contributed by atoms with Crippen molar-refractivity contribution in [1.82, 2.24) is 25.5 Å². The number of nitrogens with zero attached hydrogens (tertiary/aromatic N) is 5. The highest BCUT2D eigenvalue weighted by Crippen LogP contribution is 2.31. The number of aromatic amines is 1. The van der Waals surface area contributed by atoms with Crippen LogP contribution >= 0.6 is 0 Å². The lowest BCUT2D eigenvalue weighted by Gasteiger charge is -2.34. The minimum atomic E-state index is -0.196. The standard InChI is InChI=1S/C17H17N7O/c18-5-1-15(25)22-11-3-7-24(8-4-11)14-10-21-23-13-9-20-17-12(16(13)14)2-6-19-17/h2,6,9-11,23H,1,3-4,7-8H2,(H,22,25). The number of hydrogen-bond donors (Lipinski definition) is 2. The first-order valence-electron chi connectivity index (χ1n) is 8.24. The van der Waals surface area contributed by atoms with Gasteiger partial charge in [-0.15, -0.1) is 0 Å². The van der Waals surface area contributed by atoms with Gasteiger partial charge in [0.2, 0.25) is 5.91 Å². The first-order valence-corrected chi connectivity index (χ1v) is 8.24. The number of H-pyrrole nitrogens is 1. The van der Waals surface area contributed by atoms with Gasteiger partial charge in [0.15, 0.2) is 5.65 Å². The molecule has 4 rings (SSSR count). The highest BCUT2D eigenvalue weighted by atomic mass is 16.1. The van der Waals surface area contributed by atoms with Crippen molar-refractivity contribution < 1.29 is 4.79 Å². The maximum Gasteiger partial charge on any atom is 0.234 e. The summed E-state index contributed by atoms with van der Waals surface area (Å²) in [5.41, 5.74) is 2.66. The lowest BCUT2D eigenvalue weighted by atomic mass is 10.0. The summed E-state index contributed by atoms with van der Waals surface area (Å²) >= 11 is 0. The molecule has 0 saturated carbocycles. The molecule has 0 radical (unpaired) electrons. The maximum absolute atomic E-state index is 11.6. The van der Waals surface area contributed by atoms with Crippen LogP contribution in [0.3, 0.4) is 0 Å². The summed E-state index contributed by atoms with van der Waals surface area (Å²) in [7, 11) is 0. The molecule has 0 unspecified atom stereocenters. The van der Waals surface area contributed by atoms with Gasteiger partial charge in [0, 0.05) is 36.1 Å². The number of nitriles is 1. The Hall–Kier alpha value is -3.21. The smallest absolute Gasteiger partial charge is 0.234 e. The second kappa shape index (κ2) is 6.36. The fourth-order valence-electron chi connectivity index (χ4n) is 3.40. The molecule has 0 atom stereocenters. The fraction of sp³-hybridized carbons (Fsp3) is 0.353. The van der Waals surface area contributed by atoms with E-state index in [0.717, 1.165) is 53.6 Å². The van der Waals surface area contributed by atoms with Gasteiger partial charge in [0.05, 0.1) is 29.7 Å². The number of carbonyl (C=O) groups is 1. The van der Waals surface area contributed by atoms with E-state index < -0.39 is 0 Å². The molecule has 0 spiro atoms. The molecule has 8 nitrogen and oxygen atoms in total. The number of hydrogen-bond acceptors (Lipinski definition) is 6. The molecule has 1 aliphatic rings. The molecule has 25 heavy (non-hydrogen) atoms. The Morgan fingerprint density at radius 2 is 2.20 bits per heavy atom. The van der Waals surface area contributed by atoms with E-state index >= 15 is 0 Å². The number of amides is 1. The molecule has 3 aromatic heterocycles. The van der Waals surface area contributed by atoms with E-state index in [1.807, 2.05) is 18.3 Å². The molecule has 4 heterocycles. The van der Waals surface area contributed by atoms with Crippen LogP contribution in [0.5, 0.6) is 0 Å².